The first-order valence-corrected chi connectivity index (χ1v) is 8.14. The van der Waals surface area contributed by atoms with Crippen molar-refractivity contribution in [3.63, 3.8) is 0 Å². The number of aryl methyl sites for hydroxylation is 1. The Labute approximate surface area is 140 Å². The molecule has 130 valence electrons. The second kappa shape index (κ2) is 7.53. The van der Waals surface area contributed by atoms with Crippen LogP contribution in [0.4, 0.5) is 0 Å². The van der Waals surface area contributed by atoms with Crippen molar-refractivity contribution >= 4 is 11.9 Å². The number of benzene rings is 1. The monoisotopic (exact) mass is 335 g/mol. The number of amides is 1. The molecule has 1 saturated heterocycles. The molecule has 0 aromatic heterocycles. The van der Waals surface area contributed by atoms with Crippen molar-refractivity contribution in [2.24, 2.45) is 0 Å². The molecule has 1 N–H and O–H groups in total. The van der Waals surface area contributed by atoms with E-state index in [2.05, 4.69) is 0 Å². The first kappa shape index (κ1) is 16.6. The maximum Gasteiger partial charge on any atom is 0.334 e. The molecular weight excluding hydrogens is 314 g/mol. The van der Waals surface area contributed by atoms with Crippen molar-refractivity contribution in [2.75, 3.05) is 32.9 Å². The number of rotatable bonds is 4. The van der Waals surface area contributed by atoms with E-state index in [1.165, 1.54) is 0 Å². The number of carboxylic acids is 1. The Bertz CT molecular complexity index is 617. The van der Waals surface area contributed by atoms with Crippen molar-refractivity contribution in [3.8, 4) is 11.5 Å². The molecule has 1 aromatic carbocycles. The van der Waals surface area contributed by atoms with E-state index in [1.54, 1.807) is 4.90 Å². The molecule has 0 saturated carbocycles. The van der Waals surface area contributed by atoms with Crippen LogP contribution < -0.4 is 9.47 Å². The van der Waals surface area contributed by atoms with Gasteiger partial charge in [-0.05, 0) is 24.1 Å². The normalized spacial score (nSPS) is 20.3. The molecule has 1 aromatic rings. The summed E-state index contributed by atoms with van der Waals surface area (Å²) in [4.78, 5) is 24.8. The van der Waals surface area contributed by atoms with Gasteiger partial charge in [0, 0.05) is 19.4 Å². The number of carbonyl (C=O) groups excluding carboxylic acids is 1. The fourth-order valence-corrected chi connectivity index (χ4v) is 2.80. The number of aliphatic carboxylic acids is 1. The van der Waals surface area contributed by atoms with Crippen LogP contribution in [0.25, 0.3) is 0 Å². The third-order valence-corrected chi connectivity index (χ3v) is 4.13. The maximum absolute atomic E-state index is 12.3. The van der Waals surface area contributed by atoms with Crippen molar-refractivity contribution in [1.82, 2.24) is 4.90 Å². The highest BCUT2D eigenvalue weighted by Crippen LogP contribution is 2.30. The molecule has 2 aliphatic rings. The van der Waals surface area contributed by atoms with Crippen molar-refractivity contribution in [1.29, 1.82) is 0 Å². The lowest BCUT2D eigenvalue weighted by Gasteiger charge is -2.31. The Kier molecular flexibility index (Phi) is 5.20. The average Bonchev–Trinajstić information content (AvgIpc) is 2.84. The van der Waals surface area contributed by atoms with Gasteiger partial charge in [0.2, 0.25) is 5.91 Å². The van der Waals surface area contributed by atoms with Crippen LogP contribution >= 0.6 is 0 Å². The van der Waals surface area contributed by atoms with Gasteiger partial charge >= 0.3 is 5.97 Å². The molecule has 1 fully saturated rings. The number of carbonyl (C=O) groups is 2. The number of nitrogens with zero attached hydrogens (tertiary/aromatic N) is 1. The standard InChI is InChI=1S/C17H21NO6/c19-16(18-6-9-24-15(11-18)17(20)21)5-3-12-2-4-13-14(10-12)23-8-1-7-22-13/h2,4,10,15H,1,3,5-9,11H2,(H,20,21). The first-order chi connectivity index (χ1) is 11.6. The predicted molar refractivity (Wildman–Crippen MR) is 84.3 cm³/mol. The van der Waals surface area contributed by atoms with E-state index < -0.39 is 12.1 Å². The number of ether oxygens (including phenoxy) is 3. The summed E-state index contributed by atoms with van der Waals surface area (Å²) in [5.74, 6) is 0.363. The molecule has 0 bridgehead atoms. The minimum Gasteiger partial charge on any atom is -0.490 e. The second-order valence-electron chi connectivity index (χ2n) is 5.87. The van der Waals surface area contributed by atoms with Gasteiger partial charge in [0.1, 0.15) is 0 Å². The highest BCUT2D eigenvalue weighted by Gasteiger charge is 2.28. The smallest absolute Gasteiger partial charge is 0.334 e. The highest BCUT2D eigenvalue weighted by atomic mass is 16.5. The molecular formula is C17H21NO6. The molecule has 3 rings (SSSR count). The Morgan fingerprint density at radius 1 is 1.17 bits per heavy atom. The van der Waals surface area contributed by atoms with E-state index in [1.807, 2.05) is 18.2 Å². The Hall–Kier alpha value is -2.28. The fourth-order valence-electron chi connectivity index (χ4n) is 2.80. The van der Waals surface area contributed by atoms with E-state index in [-0.39, 0.29) is 19.1 Å². The van der Waals surface area contributed by atoms with Crippen LogP contribution in [-0.2, 0) is 20.7 Å². The summed E-state index contributed by atoms with van der Waals surface area (Å²) in [6.45, 7) is 2.07. The number of carboxylic acid groups (broad SMARTS) is 1. The van der Waals surface area contributed by atoms with Crippen LogP contribution in [0, 0.1) is 0 Å². The number of fused-ring (bicyclic) bond motifs is 1. The van der Waals surface area contributed by atoms with E-state index in [9.17, 15) is 9.59 Å². The zero-order chi connectivity index (χ0) is 16.9. The molecule has 2 aliphatic heterocycles. The van der Waals surface area contributed by atoms with Crippen LogP contribution in [0.1, 0.15) is 18.4 Å². The van der Waals surface area contributed by atoms with E-state index in [0.29, 0.717) is 32.6 Å². The third-order valence-electron chi connectivity index (χ3n) is 4.13. The molecule has 7 heteroatoms. The van der Waals surface area contributed by atoms with Gasteiger partial charge in [-0.3, -0.25) is 4.79 Å². The van der Waals surface area contributed by atoms with Crippen LogP contribution in [-0.4, -0.2) is 60.9 Å². The van der Waals surface area contributed by atoms with Gasteiger partial charge in [-0.2, -0.15) is 0 Å². The zero-order valence-corrected chi connectivity index (χ0v) is 13.4. The second-order valence-corrected chi connectivity index (χ2v) is 5.87. The number of morpholine rings is 1. The van der Waals surface area contributed by atoms with Gasteiger partial charge in [-0.1, -0.05) is 6.07 Å². The molecule has 0 radical (unpaired) electrons. The van der Waals surface area contributed by atoms with Gasteiger partial charge in [0.15, 0.2) is 17.6 Å². The Morgan fingerprint density at radius 3 is 2.75 bits per heavy atom. The number of hydrogen-bond donors (Lipinski definition) is 1. The Balaban J connectivity index is 1.56. The van der Waals surface area contributed by atoms with E-state index in [4.69, 9.17) is 19.3 Å². The van der Waals surface area contributed by atoms with Crippen molar-refractivity contribution in [2.45, 2.75) is 25.4 Å². The van der Waals surface area contributed by atoms with Gasteiger partial charge in [0.05, 0.1) is 26.4 Å². The third kappa shape index (κ3) is 3.97. The summed E-state index contributed by atoms with van der Waals surface area (Å²) in [5.41, 5.74) is 0.996. The lowest BCUT2D eigenvalue weighted by Crippen LogP contribution is -2.48. The molecule has 2 heterocycles. The minimum absolute atomic E-state index is 0.0586. The van der Waals surface area contributed by atoms with Gasteiger partial charge < -0.3 is 24.2 Å². The zero-order valence-electron chi connectivity index (χ0n) is 13.4. The van der Waals surface area contributed by atoms with Gasteiger partial charge in [0.25, 0.3) is 0 Å². The molecule has 7 nitrogen and oxygen atoms in total. The van der Waals surface area contributed by atoms with Crippen molar-refractivity contribution < 1.29 is 28.9 Å². The largest absolute Gasteiger partial charge is 0.490 e. The van der Waals surface area contributed by atoms with E-state index >= 15 is 0 Å². The fraction of sp³-hybridized carbons (Fsp3) is 0.529. The summed E-state index contributed by atoms with van der Waals surface area (Å²) < 4.78 is 16.4. The lowest BCUT2D eigenvalue weighted by atomic mass is 10.1. The molecule has 1 atom stereocenters. The predicted octanol–water partition coefficient (Wildman–Crippen LogP) is 1.09. The molecule has 0 spiro atoms. The van der Waals surface area contributed by atoms with E-state index in [0.717, 1.165) is 23.5 Å². The van der Waals surface area contributed by atoms with Crippen molar-refractivity contribution in [3.05, 3.63) is 23.8 Å². The summed E-state index contributed by atoms with van der Waals surface area (Å²) in [6.07, 6.45) is 0.821. The maximum atomic E-state index is 12.3. The van der Waals surface area contributed by atoms with Gasteiger partial charge in [-0.15, -0.1) is 0 Å². The van der Waals surface area contributed by atoms with Crippen LogP contribution in [0.15, 0.2) is 18.2 Å². The van der Waals surface area contributed by atoms with Crippen LogP contribution in [0.3, 0.4) is 0 Å². The molecule has 1 unspecified atom stereocenters. The summed E-state index contributed by atoms with van der Waals surface area (Å²) in [5, 5.41) is 8.99. The summed E-state index contributed by atoms with van der Waals surface area (Å²) in [6, 6.07) is 5.71. The SMILES string of the molecule is O=C(O)C1CN(C(=O)CCc2ccc3c(c2)OCCCO3)CCO1. The van der Waals surface area contributed by atoms with Crippen LogP contribution in [0.2, 0.25) is 0 Å². The highest BCUT2D eigenvalue weighted by molar-refractivity contribution is 5.79. The topological polar surface area (TPSA) is 85.3 Å². The quantitative estimate of drug-likeness (QED) is 0.887. The molecule has 24 heavy (non-hydrogen) atoms. The lowest BCUT2D eigenvalue weighted by molar-refractivity contribution is -0.159. The minimum atomic E-state index is -1.03. The molecule has 1 amide bonds. The summed E-state index contributed by atoms with van der Waals surface area (Å²) >= 11 is 0. The Morgan fingerprint density at radius 2 is 1.96 bits per heavy atom. The average molecular weight is 335 g/mol. The molecule has 0 aliphatic carbocycles. The first-order valence-electron chi connectivity index (χ1n) is 8.14. The summed E-state index contributed by atoms with van der Waals surface area (Å²) in [7, 11) is 0. The number of hydrogen-bond acceptors (Lipinski definition) is 5. The van der Waals surface area contributed by atoms with Gasteiger partial charge in [-0.25, -0.2) is 4.79 Å². The van der Waals surface area contributed by atoms with Crippen LogP contribution in [0.5, 0.6) is 11.5 Å².